The van der Waals surface area contributed by atoms with Gasteiger partial charge < -0.3 is 0 Å². The van der Waals surface area contributed by atoms with Crippen molar-refractivity contribution in [2.45, 2.75) is 24.0 Å². The standard InChI is InChI=1S/C14H16F3N3O2S/c1-11(10-18)19-6-8-20(9-7-19)23(21,22)13-5-3-2-4-12(13)14(15,16)17/h2-5,11H,6-9H2,1H3/t11-/m1/s1. The number of nitrogens with zero attached hydrogens (tertiary/aromatic N) is 3. The molecule has 1 aromatic carbocycles. The molecule has 1 saturated heterocycles. The van der Waals surface area contributed by atoms with Crippen LogP contribution in [0.25, 0.3) is 0 Å². The first-order chi connectivity index (χ1) is 10.7. The minimum absolute atomic E-state index is 0.0561. The molecule has 0 aliphatic carbocycles. The second-order valence-electron chi connectivity index (χ2n) is 5.24. The van der Waals surface area contributed by atoms with Crippen molar-refractivity contribution in [1.82, 2.24) is 9.21 Å². The molecule has 0 spiro atoms. The predicted octanol–water partition coefficient (Wildman–Crippen LogP) is 1.92. The normalized spacial score (nSPS) is 19.3. The molecule has 23 heavy (non-hydrogen) atoms. The first kappa shape index (κ1) is 17.7. The molecule has 0 unspecified atom stereocenters. The Kier molecular flexibility index (Phi) is 4.98. The largest absolute Gasteiger partial charge is 0.417 e. The van der Waals surface area contributed by atoms with Crippen LogP contribution in [0.2, 0.25) is 0 Å². The molecule has 0 bridgehead atoms. The molecule has 1 aliphatic heterocycles. The van der Waals surface area contributed by atoms with Crippen molar-refractivity contribution in [1.29, 1.82) is 5.26 Å². The van der Waals surface area contributed by atoms with E-state index in [0.717, 1.165) is 22.5 Å². The highest BCUT2D eigenvalue weighted by Crippen LogP contribution is 2.35. The summed E-state index contributed by atoms with van der Waals surface area (Å²) in [6.07, 6.45) is -4.74. The van der Waals surface area contributed by atoms with E-state index in [4.69, 9.17) is 5.26 Å². The third kappa shape index (κ3) is 3.65. The predicted molar refractivity (Wildman–Crippen MR) is 76.9 cm³/mol. The average Bonchev–Trinajstić information content (AvgIpc) is 2.53. The van der Waals surface area contributed by atoms with Gasteiger partial charge in [0.15, 0.2) is 0 Å². The van der Waals surface area contributed by atoms with Crippen molar-refractivity contribution < 1.29 is 21.6 Å². The molecule has 1 heterocycles. The van der Waals surface area contributed by atoms with Gasteiger partial charge in [-0.1, -0.05) is 12.1 Å². The maximum Gasteiger partial charge on any atom is 0.417 e. The topological polar surface area (TPSA) is 64.4 Å². The summed E-state index contributed by atoms with van der Waals surface area (Å²) >= 11 is 0. The van der Waals surface area contributed by atoms with Crippen LogP contribution in [0.5, 0.6) is 0 Å². The Labute approximate surface area is 133 Å². The Morgan fingerprint density at radius 3 is 2.26 bits per heavy atom. The van der Waals surface area contributed by atoms with Crippen LogP contribution in [0.4, 0.5) is 13.2 Å². The molecule has 0 radical (unpaired) electrons. The van der Waals surface area contributed by atoms with E-state index >= 15 is 0 Å². The summed E-state index contributed by atoms with van der Waals surface area (Å²) in [6.45, 7) is 2.43. The quantitative estimate of drug-likeness (QED) is 0.838. The number of halogens is 3. The lowest BCUT2D eigenvalue weighted by atomic mass is 10.2. The summed E-state index contributed by atoms with van der Waals surface area (Å²) in [4.78, 5) is 1.07. The number of benzene rings is 1. The van der Waals surface area contributed by atoms with Crippen molar-refractivity contribution in [3.63, 3.8) is 0 Å². The number of hydrogen-bond donors (Lipinski definition) is 0. The number of rotatable bonds is 3. The zero-order valence-electron chi connectivity index (χ0n) is 12.4. The van der Waals surface area contributed by atoms with Crippen LogP contribution < -0.4 is 0 Å². The highest BCUT2D eigenvalue weighted by atomic mass is 32.2. The zero-order chi connectivity index (χ0) is 17.3. The van der Waals surface area contributed by atoms with E-state index in [-0.39, 0.29) is 19.1 Å². The van der Waals surface area contributed by atoms with E-state index in [9.17, 15) is 21.6 Å². The number of sulfonamides is 1. The summed E-state index contributed by atoms with van der Waals surface area (Å²) in [6, 6.07) is 5.87. The zero-order valence-corrected chi connectivity index (χ0v) is 13.2. The van der Waals surface area contributed by atoms with E-state index in [2.05, 4.69) is 6.07 Å². The van der Waals surface area contributed by atoms with E-state index in [1.165, 1.54) is 6.07 Å². The van der Waals surface area contributed by atoms with Gasteiger partial charge >= 0.3 is 6.18 Å². The minimum Gasteiger partial charge on any atom is -0.286 e. The highest BCUT2D eigenvalue weighted by molar-refractivity contribution is 7.89. The van der Waals surface area contributed by atoms with E-state index in [0.29, 0.717) is 13.1 Å². The second-order valence-corrected chi connectivity index (χ2v) is 7.15. The summed E-state index contributed by atoms with van der Waals surface area (Å²) in [5.41, 5.74) is -1.16. The SMILES string of the molecule is C[C@H](C#N)N1CCN(S(=O)(=O)c2ccccc2C(F)(F)F)CC1. The van der Waals surface area contributed by atoms with Gasteiger partial charge in [0, 0.05) is 26.2 Å². The molecule has 9 heteroatoms. The van der Waals surface area contributed by atoms with E-state index in [1.54, 1.807) is 11.8 Å². The van der Waals surface area contributed by atoms with Crippen LogP contribution in [0, 0.1) is 11.3 Å². The fraction of sp³-hybridized carbons (Fsp3) is 0.500. The van der Waals surface area contributed by atoms with Crippen molar-refractivity contribution >= 4 is 10.0 Å². The van der Waals surface area contributed by atoms with Crippen LogP contribution >= 0.6 is 0 Å². The molecular weight excluding hydrogens is 331 g/mol. The van der Waals surface area contributed by atoms with Gasteiger partial charge in [-0.15, -0.1) is 0 Å². The summed E-state index contributed by atoms with van der Waals surface area (Å²) in [7, 11) is -4.23. The second kappa shape index (κ2) is 6.47. The number of nitriles is 1. The number of piperazine rings is 1. The maximum absolute atomic E-state index is 13.0. The molecule has 126 valence electrons. The van der Waals surface area contributed by atoms with E-state index < -0.39 is 26.7 Å². The first-order valence-corrected chi connectivity index (χ1v) is 8.42. The molecule has 0 N–H and O–H groups in total. The first-order valence-electron chi connectivity index (χ1n) is 6.98. The minimum atomic E-state index is -4.74. The van der Waals surface area contributed by atoms with Gasteiger partial charge in [0.05, 0.1) is 22.6 Å². The lowest BCUT2D eigenvalue weighted by Gasteiger charge is -2.35. The highest BCUT2D eigenvalue weighted by Gasteiger charge is 2.39. The van der Waals surface area contributed by atoms with Gasteiger partial charge in [0.2, 0.25) is 10.0 Å². The molecule has 1 atom stereocenters. The molecule has 5 nitrogen and oxygen atoms in total. The van der Waals surface area contributed by atoms with Crippen molar-refractivity contribution in [3.05, 3.63) is 29.8 Å². The molecular formula is C14H16F3N3O2S. The smallest absolute Gasteiger partial charge is 0.286 e. The number of hydrogen-bond acceptors (Lipinski definition) is 4. The van der Waals surface area contributed by atoms with Crippen molar-refractivity contribution in [3.8, 4) is 6.07 Å². The fourth-order valence-corrected chi connectivity index (χ4v) is 4.11. The van der Waals surface area contributed by atoms with Gasteiger partial charge in [-0.3, -0.25) is 4.90 Å². The lowest BCUT2D eigenvalue weighted by Crippen LogP contribution is -2.51. The van der Waals surface area contributed by atoms with Crippen LogP contribution in [0.1, 0.15) is 12.5 Å². The molecule has 0 saturated carbocycles. The van der Waals surface area contributed by atoms with Gasteiger partial charge in [-0.25, -0.2) is 8.42 Å². The van der Waals surface area contributed by atoms with Gasteiger partial charge in [-0.05, 0) is 19.1 Å². The Morgan fingerprint density at radius 1 is 1.17 bits per heavy atom. The van der Waals surface area contributed by atoms with Gasteiger partial charge in [-0.2, -0.15) is 22.7 Å². The summed E-state index contributed by atoms with van der Waals surface area (Å²) < 4.78 is 65.2. The molecule has 0 aromatic heterocycles. The van der Waals surface area contributed by atoms with Crippen LogP contribution in [-0.4, -0.2) is 49.8 Å². The van der Waals surface area contributed by atoms with Crippen molar-refractivity contribution in [2.75, 3.05) is 26.2 Å². The van der Waals surface area contributed by atoms with Crippen LogP contribution in [0.15, 0.2) is 29.2 Å². The van der Waals surface area contributed by atoms with Crippen LogP contribution in [0.3, 0.4) is 0 Å². The summed E-state index contributed by atoms with van der Waals surface area (Å²) in [5.74, 6) is 0. The Hall–Kier alpha value is -1.63. The maximum atomic E-state index is 13.0. The molecule has 1 fully saturated rings. The molecule has 2 rings (SSSR count). The Bertz CT molecular complexity index is 705. The van der Waals surface area contributed by atoms with Gasteiger partial charge in [0.1, 0.15) is 0 Å². The van der Waals surface area contributed by atoms with Gasteiger partial charge in [0.25, 0.3) is 0 Å². The summed E-state index contributed by atoms with van der Waals surface area (Å²) in [5, 5.41) is 8.87. The fourth-order valence-electron chi connectivity index (χ4n) is 2.48. The third-order valence-corrected chi connectivity index (χ3v) is 5.77. The Balaban J connectivity index is 2.27. The molecule has 1 aliphatic rings. The average molecular weight is 347 g/mol. The third-order valence-electron chi connectivity index (χ3n) is 3.82. The molecule has 1 aromatic rings. The van der Waals surface area contributed by atoms with Crippen LogP contribution in [-0.2, 0) is 16.2 Å². The monoisotopic (exact) mass is 347 g/mol. The van der Waals surface area contributed by atoms with Crippen molar-refractivity contribution in [2.24, 2.45) is 0 Å². The van der Waals surface area contributed by atoms with E-state index in [1.807, 2.05) is 0 Å². The number of alkyl halides is 3. The lowest BCUT2D eigenvalue weighted by molar-refractivity contribution is -0.139. The Morgan fingerprint density at radius 2 is 1.74 bits per heavy atom. The molecule has 0 amide bonds.